The summed E-state index contributed by atoms with van der Waals surface area (Å²) in [6.07, 6.45) is 0. The van der Waals surface area contributed by atoms with E-state index in [1.54, 1.807) is 30.3 Å². The molecule has 0 saturated carbocycles. The van der Waals surface area contributed by atoms with Crippen LogP contribution in [0.1, 0.15) is 15.9 Å². The molecule has 0 saturated heterocycles. The van der Waals surface area contributed by atoms with Crippen molar-refractivity contribution in [1.29, 1.82) is 0 Å². The first-order chi connectivity index (χ1) is 10.5. The molecule has 7 heteroatoms. The average molecular weight is 339 g/mol. The molecular formula is C15H12Cl2N2O3. The van der Waals surface area contributed by atoms with Crippen LogP contribution in [0.5, 0.6) is 5.75 Å². The monoisotopic (exact) mass is 338 g/mol. The Bertz CT molecular complexity index is 695. The molecule has 0 heterocycles. The number of nitrogens with zero attached hydrogens (tertiary/aromatic N) is 1. The van der Waals surface area contributed by atoms with Gasteiger partial charge in [-0.25, -0.2) is 4.79 Å². The van der Waals surface area contributed by atoms with Gasteiger partial charge in [0.15, 0.2) is 11.6 Å². The predicted octanol–water partition coefficient (Wildman–Crippen LogP) is 3.48. The summed E-state index contributed by atoms with van der Waals surface area (Å²) in [5, 5.41) is 4.15. The highest BCUT2D eigenvalue weighted by Crippen LogP contribution is 2.33. The van der Waals surface area contributed by atoms with Crippen LogP contribution in [-0.4, -0.2) is 18.9 Å². The molecular weight excluding hydrogens is 327 g/mol. The number of benzene rings is 2. The number of carbonyl (C=O) groups is 1. The number of rotatable bonds is 4. The highest BCUT2D eigenvalue weighted by atomic mass is 35.5. The Morgan fingerprint density at radius 1 is 1.09 bits per heavy atom. The second-order valence-corrected chi connectivity index (χ2v) is 5.01. The molecule has 0 bridgehead atoms. The molecule has 0 fully saturated rings. The number of amidine groups is 1. The lowest BCUT2D eigenvalue weighted by Gasteiger charge is -2.08. The number of nitrogens with two attached hydrogens (primary N) is 1. The predicted molar refractivity (Wildman–Crippen MR) is 85.6 cm³/mol. The first-order valence-corrected chi connectivity index (χ1v) is 6.91. The van der Waals surface area contributed by atoms with Crippen LogP contribution in [0.25, 0.3) is 0 Å². The number of ether oxygens (including phenoxy) is 1. The van der Waals surface area contributed by atoms with Gasteiger partial charge in [-0.2, -0.15) is 0 Å². The lowest BCUT2D eigenvalue weighted by molar-refractivity contribution is 0.0516. The maximum Gasteiger partial charge on any atom is 0.365 e. The van der Waals surface area contributed by atoms with Gasteiger partial charge in [0.25, 0.3) is 0 Å². The molecule has 0 amide bonds. The fourth-order valence-corrected chi connectivity index (χ4v) is 2.31. The van der Waals surface area contributed by atoms with Crippen LogP contribution in [0.4, 0.5) is 0 Å². The molecule has 2 N–H and O–H groups in total. The van der Waals surface area contributed by atoms with E-state index >= 15 is 0 Å². The Hall–Kier alpha value is -2.24. The van der Waals surface area contributed by atoms with E-state index < -0.39 is 5.97 Å². The molecule has 114 valence electrons. The van der Waals surface area contributed by atoms with Crippen molar-refractivity contribution in [1.82, 2.24) is 0 Å². The second-order valence-electron chi connectivity index (χ2n) is 4.19. The molecule has 2 rings (SSSR count). The van der Waals surface area contributed by atoms with E-state index in [0.717, 1.165) is 0 Å². The number of hydrogen-bond donors (Lipinski definition) is 1. The van der Waals surface area contributed by atoms with E-state index in [0.29, 0.717) is 16.9 Å². The quantitative estimate of drug-likeness (QED) is 0.401. The summed E-state index contributed by atoms with van der Waals surface area (Å²) in [4.78, 5) is 16.5. The summed E-state index contributed by atoms with van der Waals surface area (Å²) >= 11 is 12.0. The standard InChI is InChI=1S/C15H12Cl2N2O3/c1-21-13-11(16)7-10(8-12(13)17)14(18)19-22-15(20)9-5-3-2-4-6-9/h2-8H,1H3,(H2,18,19). The van der Waals surface area contributed by atoms with Gasteiger partial charge in [-0.15, -0.1) is 0 Å². The topological polar surface area (TPSA) is 73.9 Å². The van der Waals surface area contributed by atoms with Crippen molar-refractivity contribution in [2.45, 2.75) is 0 Å². The van der Waals surface area contributed by atoms with E-state index in [2.05, 4.69) is 5.16 Å². The molecule has 0 aliphatic heterocycles. The van der Waals surface area contributed by atoms with Crippen molar-refractivity contribution in [2.75, 3.05) is 7.11 Å². The maximum absolute atomic E-state index is 11.8. The summed E-state index contributed by atoms with van der Waals surface area (Å²) in [5.41, 5.74) is 6.54. The molecule has 0 unspecified atom stereocenters. The summed E-state index contributed by atoms with van der Waals surface area (Å²) in [7, 11) is 1.45. The fraction of sp³-hybridized carbons (Fsp3) is 0.0667. The van der Waals surface area contributed by atoms with Gasteiger partial charge in [-0.1, -0.05) is 46.6 Å². The maximum atomic E-state index is 11.8. The number of halogens is 2. The first-order valence-electron chi connectivity index (χ1n) is 6.16. The van der Waals surface area contributed by atoms with E-state index in [1.165, 1.54) is 19.2 Å². The highest BCUT2D eigenvalue weighted by molar-refractivity contribution is 6.37. The number of methoxy groups -OCH3 is 1. The van der Waals surface area contributed by atoms with Crippen LogP contribution in [-0.2, 0) is 4.84 Å². The van der Waals surface area contributed by atoms with Crippen LogP contribution in [0, 0.1) is 0 Å². The minimum absolute atomic E-state index is 0.0317. The Balaban J connectivity index is 2.18. The van der Waals surface area contributed by atoms with Gasteiger partial charge < -0.3 is 15.3 Å². The second kappa shape index (κ2) is 7.15. The fourth-order valence-electron chi connectivity index (χ4n) is 1.67. The number of oxime groups is 1. The van der Waals surface area contributed by atoms with E-state index in [1.807, 2.05) is 0 Å². The van der Waals surface area contributed by atoms with Crippen molar-refractivity contribution in [3.05, 3.63) is 63.6 Å². The van der Waals surface area contributed by atoms with Crippen LogP contribution >= 0.6 is 23.2 Å². The number of hydrogen-bond acceptors (Lipinski definition) is 4. The third-order valence-electron chi connectivity index (χ3n) is 2.73. The van der Waals surface area contributed by atoms with Gasteiger partial charge in [-0.05, 0) is 24.3 Å². The molecule has 2 aromatic rings. The van der Waals surface area contributed by atoms with E-state index in [4.69, 9.17) is 38.5 Å². The molecule has 0 atom stereocenters. The smallest absolute Gasteiger partial charge is 0.365 e. The van der Waals surface area contributed by atoms with E-state index in [-0.39, 0.29) is 15.9 Å². The van der Waals surface area contributed by atoms with Crippen LogP contribution < -0.4 is 10.5 Å². The lowest BCUT2D eigenvalue weighted by Crippen LogP contribution is -2.15. The summed E-state index contributed by atoms with van der Waals surface area (Å²) in [5.74, 6) is -0.314. The molecule has 0 spiro atoms. The summed E-state index contributed by atoms with van der Waals surface area (Å²) in [6, 6.07) is 11.5. The molecule has 0 radical (unpaired) electrons. The van der Waals surface area contributed by atoms with Crippen LogP contribution in [0.3, 0.4) is 0 Å². The SMILES string of the molecule is COc1c(Cl)cc(/C(N)=N/OC(=O)c2ccccc2)cc1Cl. The van der Waals surface area contributed by atoms with Gasteiger partial charge in [0, 0.05) is 5.56 Å². The molecule has 2 aromatic carbocycles. The number of carbonyl (C=O) groups excluding carboxylic acids is 1. The highest BCUT2D eigenvalue weighted by Gasteiger charge is 2.12. The van der Waals surface area contributed by atoms with Crippen LogP contribution in [0.15, 0.2) is 47.6 Å². The zero-order chi connectivity index (χ0) is 16.1. The molecule has 22 heavy (non-hydrogen) atoms. The normalized spacial score (nSPS) is 11.1. The summed E-state index contributed by atoms with van der Waals surface area (Å²) in [6.45, 7) is 0. The Kier molecular flexibility index (Phi) is 5.25. The van der Waals surface area contributed by atoms with Crippen molar-refractivity contribution in [3.63, 3.8) is 0 Å². The molecule has 0 aliphatic rings. The minimum atomic E-state index is -0.616. The zero-order valence-corrected chi connectivity index (χ0v) is 13.1. The van der Waals surface area contributed by atoms with E-state index in [9.17, 15) is 4.79 Å². The minimum Gasteiger partial charge on any atom is -0.494 e. The molecule has 0 aliphatic carbocycles. The third kappa shape index (κ3) is 3.69. The average Bonchev–Trinajstić information content (AvgIpc) is 2.52. The Morgan fingerprint density at radius 2 is 1.68 bits per heavy atom. The van der Waals surface area contributed by atoms with Crippen LogP contribution in [0.2, 0.25) is 10.0 Å². The van der Waals surface area contributed by atoms with Crippen molar-refractivity contribution in [3.8, 4) is 5.75 Å². The van der Waals surface area contributed by atoms with Gasteiger partial charge in [0.1, 0.15) is 0 Å². The van der Waals surface area contributed by atoms with Crippen molar-refractivity contribution >= 4 is 35.0 Å². The third-order valence-corrected chi connectivity index (χ3v) is 3.30. The zero-order valence-electron chi connectivity index (χ0n) is 11.5. The first kappa shape index (κ1) is 16.1. The Morgan fingerprint density at radius 3 is 2.23 bits per heavy atom. The summed E-state index contributed by atoms with van der Waals surface area (Å²) < 4.78 is 5.04. The lowest BCUT2D eigenvalue weighted by atomic mass is 10.2. The van der Waals surface area contributed by atoms with Gasteiger partial charge >= 0.3 is 5.97 Å². The van der Waals surface area contributed by atoms with Crippen molar-refractivity contribution < 1.29 is 14.4 Å². The largest absolute Gasteiger partial charge is 0.494 e. The van der Waals surface area contributed by atoms with Crippen molar-refractivity contribution in [2.24, 2.45) is 10.9 Å². The molecule has 5 nitrogen and oxygen atoms in total. The van der Waals surface area contributed by atoms with Gasteiger partial charge in [0.05, 0.1) is 22.7 Å². The Labute approximate surface area is 137 Å². The van der Waals surface area contributed by atoms with Gasteiger partial charge in [0.2, 0.25) is 0 Å². The van der Waals surface area contributed by atoms with Gasteiger partial charge in [-0.3, -0.25) is 0 Å². The molecule has 0 aromatic heterocycles.